The minimum Gasteiger partial charge on any atom is -0.381 e. The van der Waals surface area contributed by atoms with Crippen LogP contribution in [0.3, 0.4) is 0 Å². The van der Waals surface area contributed by atoms with Crippen LogP contribution in [0.1, 0.15) is 30.9 Å². The molecule has 0 aliphatic heterocycles. The van der Waals surface area contributed by atoms with E-state index >= 15 is 0 Å². The molecule has 104 valence electrons. The lowest BCUT2D eigenvalue weighted by Gasteiger charge is -2.09. The Morgan fingerprint density at radius 3 is 2.45 bits per heavy atom. The third kappa shape index (κ3) is 3.57. The number of non-ortho nitro benzene ring substituents is 1. The number of nitro benzene ring substituents is 1. The van der Waals surface area contributed by atoms with Crippen LogP contribution in [0.25, 0.3) is 0 Å². The highest BCUT2D eigenvalue weighted by atomic mass is 16.6. The van der Waals surface area contributed by atoms with E-state index < -0.39 is 0 Å². The summed E-state index contributed by atoms with van der Waals surface area (Å²) in [6.45, 7) is 4.98. The van der Waals surface area contributed by atoms with Crippen LogP contribution in [0.4, 0.5) is 11.4 Å². The van der Waals surface area contributed by atoms with Crippen molar-refractivity contribution >= 4 is 11.4 Å². The summed E-state index contributed by atoms with van der Waals surface area (Å²) in [7, 11) is 0. The van der Waals surface area contributed by atoms with Crippen molar-refractivity contribution in [3.05, 3.63) is 69.8 Å². The number of hydrogen-bond acceptors (Lipinski definition) is 3. The van der Waals surface area contributed by atoms with E-state index in [0.29, 0.717) is 12.5 Å². The third-order valence-corrected chi connectivity index (χ3v) is 3.20. The van der Waals surface area contributed by atoms with Gasteiger partial charge in [0.15, 0.2) is 0 Å². The molecule has 0 heterocycles. The summed E-state index contributed by atoms with van der Waals surface area (Å²) >= 11 is 0. The van der Waals surface area contributed by atoms with Crippen LogP contribution in [0.15, 0.2) is 48.5 Å². The fourth-order valence-corrected chi connectivity index (χ4v) is 1.95. The van der Waals surface area contributed by atoms with E-state index in [4.69, 9.17) is 0 Å². The minimum absolute atomic E-state index is 0.102. The Balaban J connectivity index is 2.01. The molecule has 0 fully saturated rings. The maximum atomic E-state index is 10.7. The van der Waals surface area contributed by atoms with Gasteiger partial charge in [-0.25, -0.2) is 0 Å². The molecule has 0 atom stereocenters. The summed E-state index contributed by atoms with van der Waals surface area (Å²) in [5, 5.41) is 13.9. The van der Waals surface area contributed by atoms with Gasteiger partial charge in [0.25, 0.3) is 5.69 Å². The molecule has 1 N–H and O–H groups in total. The second-order valence-corrected chi connectivity index (χ2v) is 5.06. The molecule has 2 rings (SSSR count). The lowest BCUT2D eigenvalue weighted by Crippen LogP contribution is -2.00. The molecule has 0 saturated carbocycles. The van der Waals surface area contributed by atoms with Crippen LogP contribution in [-0.4, -0.2) is 4.92 Å². The van der Waals surface area contributed by atoms with Gasteiger partial charge in [-0.1, -0.05) is 44.2 Å². The molecule has 0 bridgehead atoms. The van der Waals surface area contributed by atoms with Gasteiger partial charge in [0, 0.05) is 24.4 Å². The van der Waals surface area contributed by atoms with Gasteiger partial charge in [-0.15, -0.1) is 0 Å². The monoisotopic (exact) mass is 270 g/mol. The maximum Gasteiger partial charge on any atom is 0.271 e. The smallest absolute Gasteiger partial charge is 0.271 e. The molecule has 2 aromatic carbocycles. The number of rotatable bonds is 5. The lowest BCUT2D eigenvalue weighted by molar-refractivity contribution is -0.384. The average Bonchev–Trinajstić information content (AvgIpc) is 2.46. The maximum absolute atomic E-state index is 10.7. The standard InChI is InChI=1S/C16H18N2O2/c1-12(2)14-8-6-13(7-9-14)11-17-15-4-3-5-16(10-15)18(19)20/h3-10,12,17H,11H2,1-2H3. The van der Waals surface area contributed by atoms with E-state index in [1.165, 1.54) is 11.6 Å². The summed E-state index contributed by atoms with van der Waals surface area (Å²) in [6.07, 6.45) is 0. The number of nitrogens with one attached hydrogen (secondary N) is 1. The zero-order valence-electron chi connectivity index (χ0n) is 11.7. The molecular weight excluding hydrogens is 252 g/mol. The quantitative estimate of drug-likeness (QED) is 0.650. The topological polar surface area (TPSA) is 55.2 Å². The molecule has 0 spiro atoms. The highest BCUT2D eigenvalue weighted by Crippen LogP contribution is 2.19. The first-order valence-corrected chi connectivity index (χ1v) is 6.63. The fraction of sp³-hybridized carbons (Fsp3) is 0.250. The number of benzene rings is 2. The highest BCUT2D eigenvalue weighted by molar-refractivity contribution is 5.51. The Labute approximate surface area is 118 Å². The highest BCUT2D eigenvalue weighted by Gasteiger charge is 2.05. The molecule has 0 amide bonds. The zero-order valence-corrected chi connectivity index (χ0v) is 11.7. The van der Waals surface area contributed by atoms with Crippen molar-refractivity contribution in [3.8, 4) is 0 Å². The lowest BCUT2D eigenvalue weighted by atomic mass is 10.0. The van der Waals surface area contributed by atoms with E-state index in [9.17, 15) is 10.1 Å². The van der Waals surface area contributed by atoms with Gasteiger partial charge >= 0.3 is 0 Å². The average molecular weight is 270 g/mol. The zero-order chi connectivity index (χ0) is 14.5. The van der Waals surface area contributed by atoms with Gasteiger partial charge in [0.05, 0.1) is 4.92 Å². The Morgan fingerprint density at radius 2 is 1.85 bits per heavy atom. The summed E-state index contributed by atoms with van der Waals surface area (Å²) in [4.78, 5) is 10.3. The van der Waals surface area contributed by atoms with Crippen molar-refractivity contribution in [3.63, 3.8) is 0 Å². The van der Waals surface area contributed by atoms with Crippen molar-refractivity contribution < 1.29 is 4.92 Å². The van der Waals surface area contributed by atoms with Crippen LogP contribution < -0.4 is 5.32 Å². The van der Waals surface area contributed by atoms with Crippen molar-refractivity contribution in [2.45, 2.75) is 26.3 Å². The Kier molecular flexibility index (Phi) is 4.35. The largest absolute Gasteiger partial charge is 0.381 e. The Hall–Kier alpha value is -2.36. The molecular formula is C16H18N2O2. The van der Waals surface area contributed by atoms with Gasteiger partial charge in [-0.3, -0.25) is 10.1 Å². The number of anilines is 1. The van der Waals surface area contributed by atoms with Crippen LogP contribution in [0.2, 0.25) is 0 Å². The number of hydrogen-bond donors (Lipinski definition) is 1. The summed E-state index contributed by atoms with van der Waals surface area (Å²) in [5.74, 6) is 0.522. The first-order chi connectivity index (χ1) is 9.56. The first-order valence-electron chi connectivity index (χ1n) is 6.63. The number of nitro groups is 1. The normalized spacial score (nSPS) is 10.6. The fourth-order valence-electron chi connectivity index (χ4n) is 1.95. The van der Waals surface area contributed by atoms with Gasteiger partial charge in [-0.2, -0.15) is 0 Å². The van der Waals surface area contributed by atoms with Crippen LogP contribution >= 0.6 is 0 Å². The molecule has 20 heavy (non-hydrogen) atoms. The van der Waals surface area contributed by atoms with Crippen molar-refractivity contribution in [2.75, 3.05) is 5.32 Å². The van der Waals surface area contributed by atoms with Gasteiger partial charge < -0.3 is 5.32 Å². The molecule has 0 unspecified atom stereocenters. The molecule has 4 heteroatoms. The molecule has 4 nitrogen and oxygen atoms in total. The van der Waals surface area contributed by atoms with E-state index in [1.54, 1.807) is 12.1 Å². The molecule has 0 saturated heterocycles. The summed E-state index contributed by atoms with van der Waals surface area (Å²) in [5.41, 5.74) is 3.32. The van der Waals surface area contributed by atoms with Gasteiger partial charge in [0.2, 0.25) is 0 Å². The first kappa shape index (κ1) is 14.1. The van der Waals surface area contributed by atoms with Crippen molar-refractivity contribution in [1.82, 2.24) is 0 Å². The van der Waals surface area contributed by atoms with Crippen LogP contribution in [0, 0.1) is 10.1 Å². The molecule has 0 aliphatic rings. The van der Waals surface area contributed by atoms with Gasteiger partial charge in [-0.05, 0) is 23.1 Å². The van der Waals surface area contributed by atoms with E-state index in [2.05, 4.69) is 43.4 Å². The molecule has 0 aromatic heterocycles. The second-order valence-electron chi connectivity index (χ2n) is 5.06. The summed E-state index contributed by atoms with van der Waals surface area (Å²) < 4.78 is 0. The van der Waals surface area contributed by atoms with Crippen molar-refractivity contribution in [1.29, 1.82) is 0 Å². The SMILES string of the molecule is CC(C)c1ccc(CNc2cccc([N+](=O)[O-])c2)cc1. The van der Waals surface area contributed by atoms with Crippen LogP contribution in [-0.2, 0) is 6.54 Å². The molecule has 0 radical (unpaired) electrons. The Bertz CT molecular complexity index is 592. The molecule has 2 aromatic rings. The molecule has 0 aliphatic carbocycles. The van der Waals surface area contributed by atoms with E-state index in [-0.39, 0.29) is 10.6 Å². The number of nitrogens with zero attached hydrogens (tertiary/aromatic N) is 1. The minimum atomic E-state index is -0.386. The predicted molar refractivity (Wildman–Crippen MR) is 81.0 cm³/mol. The second kappa shape index (κ2) is 6.19. The third-order valence-electron chi connectivity index (χ3n) is 3.20. The van der Waals surface area contributed by atoms with Crippen LogP contribution in [0.5, 0.6) is 0 Å². The van der Waals surface area contributed by atoms with Gasteiger partial charge in [0.1, 0.15) is 0 Å². The van der Waals surface area contributed by atoms with E-state index in [0.717, 1.165) is 11.3 Å². The summed E-state index contributed by atoms with van der Waals surface area (Å²) in [6, 6.07) is 15.0. The van der Waals surface area contributed by atoms with Crippen molar-refractivity contribution in [2.24, 2.45) is 0 Å². The predicted octanol–water partition coefficient (Wildman–Crippen LogP) is 4.33. The van der Waals surface area contributed by atoms with E-state index in [1.807, 2.05) is 6.07 Å². The Morgan fingerprint density at radius 1 is 1.15 bits per heavy atom.